The zero-order valence-electron chi connectivity index (χ0n) is 12.2. The van der Waals surface area contributed by atoms with Crippen molar-refractivity contribution >= 4 is 36.0 Å². The van der Waals surface area contributed by atoms with Crippen molar-refractivity contribution in [2.45, 2.75) is 13.3 Å². The van der Waals surface area contributed by atoms with Crippen LogP contribution in [0.1, 0.15) is 13.3 Å². The number of aliphatic carboxylic acids is 1. The Kier molecular flexibility index (Phi) is 9.56. The number of hydrogen-bond acceptors (Lipinski definition) is 4. The van der Waals surface area contributed by atoms with E-state index in [-0.39, 0.29) is 25.5 Å². The van der Waals surface area contributed by atoms with Crippen molar-refractivity contribution in [2.24, 2.45) is 0 Å². The van der Waals surface area contributed by atoms with Gasteiger partial charge in [0.1, 0.15) is 0 Å². The van der Waals surface area contributed by atoms with Crippen molar-refractivity contribution in [1.29, 1.82) is 0 Å². The number of halogens is 1. The minimum absolute atomic E-state index is 0. The highest BCUT2D eigenvalue weighted by atomic mass is 35.5. The van der Waals surface area contributed by atoms with Crippen LogP contribution >= 0.6 is 12.4 Å². The molecule has 1 aromatic carbocycles. The first kappa shape index (κ1) is 19.9. The molecule has 0 aliphatic rings. The van der Waals surface area contributed by atoms with E-state index in [2.05, 4.69) is 10.6 Å². The second kappa shape index (κ2) is 10.6. The Morgan fingerprint density at radius 2 is 1.77 bits per heavy atom. The summed E-state index contributed by atoms with van der Waals surface area (Å²) in [6.45, 7) is 1.98. The molecule has 1 rings (SSSR count). The third-order valence-electron chi connectivity index (χ3n) is 2.55. The quantitative estimate of drug-likeness (QED) is 0.705. The van der Waals surface area contributed by atoms with Gasteiger partial charge in [0, 0.05) is 5.69 Å². The molecule has 0 aliphatic carbocycles. The molecule has 3 N–H and O–H groups in total. The molecule has 0 saturated carbocycles. The molecular formula is C14H20ClN3O4. The largest absolute Gasteiger partial charge is 0.480 e. The predicted octanol–water partition coefficient (Wildman–Crippen LogP) is 1.55. The molecule has 8 heteroatoms. The monoisotopic (exact) mass is 329 g/mol. The van der Waals surface area contributed by atoms with Gasteiger partial charge in [0.25, 0.3) is 0 Å². The molecule has 0 unspecified atom stereocenters. The Labute approximate surface area is 135 Å². The standard InChI is InChI=1S/C14H19N3O4.ClH/c1-2-8-17(10-13(19)20)9-12(18)16-14(21)15-11-6-4-3-5-7-11;/h3-7H,2,8-10H2,1H3,(H,19,20)(H2,15,16,18,21);1H. The average molecular weight is 330 g/mol. The first-order valence-corrected chi connectivity index (χ1v) is 6.61. The van der Waals surface area contributed by atoms with Gasteiger partial charge in [-0.25, -0.2) is 4.79 Å². The molecule has 0 bridgehead atoms. The number of amides is 3. The number of urea groups is 1. The van der Waals surface area contributed by atoms with Crippen molar-refractivity contribution in [3.05, 3.63) is 30.3 Å². The molecule has 0 radical (unpaired) electrons. The van der Waals surface area contributed by atoms with Crippen LogP contribution in [0.15, 0.2) is 30.3 Å². The van der Waals surface area contributed by atoms with Crippen LogP contribution in [-0.2, 0) is 9.59 Å². The summed E-state index contributed by atoms with van der Waals surface area (Å²) < 4.78 is 0. The van der Waals surface area contributed by atoms with Crippen LogP contribution in [0.25, 0.3) is 0 Å². The molecule has 0 saturated heterocycles. The highest BCUT2D eigenvalue weighted by molar-refractivity contribution is 6.01. The summed E-state index contributed by atoms with van der Waals surface area (Å²) in [7, 11) is 0. The number of para-hydroxylation sites is 1. The van der Waals surface area contributed by atoms with Crippen molar-refractivity contribution in [2.75, 3.05) is 25.0 Å². The summed E-state index contributed by atoms with van der Waals surface area (Å²) in [4.78, 5) is 35.5. The van der Waals surface area contributed by atoms with Crippen LogP contribution in [0, 0.1) is 0 Å². The number of carbonyl (C=O) groups is 3. The second-order valence-electron chi connectivity index (χ2n) is 4.47. The van der Waals surface area contributed by atoms with Crippen LogP contribution in [0.4, 0.5) is 10.5 Å². The van der Waals surface area contributed by atoms with Crippen molar-refractivity contribution < 1.29 is 19.5 Å². The Bertz CT molecular complexity index is 496. The number of carboxylic acids is 1. The van der Waals surface area contributed by atoms with Gasteiger partial charge in [-0.2, -0.15) is 0 Å². The van der Waals surface area contributed by atoms with E-state index >= 15 is 0 Å². The van der Waals surface area contributed by atoms with Gasteiger partial charge >= 0.3 is 12.0 Å². The van der Waals surface area contributed by atoms with E-state index in [0.29, 0.717) is 12.2 Å². The molecule has 22 heavy (non-hydrogen) atoms. The lowest BCUT2D eigenvalue weighted by Gasteiger charge is -2.18. The van der Waals surface area contributed by atoms with E-state index in [4.69, 9.17) is 5.11 Å². The first-order chi connectivity index (χ1) is 10.0. The highest BCUT2D eigenvalue weighted by Crippen LogP contribution is 2.04. The molecule has 7 nitrogen and oxygen atoms in total. The normalized spacial score (nSPS) is 9.73. The number of carboxylic acid groups (broad SMARTS) is 1. The Morgan fingerprint density at radius 1 is 1.14 bits per heavy atom. The van der Waals surface area contributed by atoms with Gasteiger partial charge < -0.3 is 10.4 Å². The smallest absolute Gasteiger partial charge is 0.325 e. The molecule has 122 valence electrons. The van der Waals surface area contributed by atoms with E-state index in [9.17, 15) is 14.4 Å². The first-order valence-electron chi connectivity index (χ1n) is 6.61. The maximum atomic E-state index is 11.7. The zero-order chi connectivity index (χ0) is 15.7. The van der Waals surface area contributed by atoms with Crippen molar-refractivity contribution in [1.82, 2.24) is 10.2 Å². The third kappa shape index (κ3) is 8.23. The Morgan fingerprint density at radius 3 is 2.32 bits per heavy atom. The Balaban J connectivity index is 0.00000441. The summed E-state index contributed by atoms with van der Waals surface area (Å²) in [6.07, 6.45) is 0.719. The van der Waals surface area contributed by atoms with Gasteiger partial charge in [0.15, 0.2) is 0 Å². The summed E-state index contributed by atoms with van der Waals surface area (Å²) in [5.74, 6) is -1.55. The lowest BCUT2D eigenvalue weighted by Crippen LogP contribution is -2.43. The molecule has 0 heterocycles. The highest BCUT2D eigenvalue weighted by Gasteiger charge is 2.15. The van der Waals surface area contributed by atoms with Crippen molar-refractivity contribution in [3.63, 3.8) is 0 Å². The number of nitrogens with zero attached hydrogens (tertiary/aromatic N) is 1. The minimum Gasteiger partial charge on any atom is -0.480 e. The molecular weight excluding hydrogens is 310 g/mol. The summed E-state index contributed by atoms with van der Waals surface area (Å²) in [5, 5.41) is 13.4. The average Bonchev–Trinajstić information content (AvgIpc) is 2.38. The maximum absolute atomic E-state index is 11.7. The summed E-state index contributed by atoms with van der Waals surface area (Å²) in [6, 6.07) is 8.07. The van der Waals surface area contributed by atoms with E-state index < -0.39 is 17.9 Å². The predicted molar refractivity (Wildman–Crippen MR) is 85.2 cm³/mol. The fourth-order valence-corrected chi connectivity index (χ4v) is 1.77. The molecule has 3 amide bonds. The van der Waals surface area contributed by atoms with Crippen LogP contribution in [0.5, 0.6) is 0 Å². The number of rotatable bonds is 7. The van der Waals surface area contributed by atoms with Crippen LogP contribution in [-0.4, -0.2) is 47.5 Å². The molecule has 1 aromatic rings. The fraction of sp³-hybridized carbons (Fsp3) is 0.357. The number of benzene rings is 1. The maximum Gasteiger partial charge on any atom is 0.325 e. The second-order valence-corrected chi connectivity index (χ2v) is 4.47. The molecule has 0 spiro atoms. The number of hydrogen-bond donors (Lipinski definition) is 3. The number of carbonyl (C=O) groups excluding carboxylic acids is 2. The summed E-state index contributed by atoms with van der Waals surface area (Å²) >= 11 is 0. The van der Waals surface area contributed by atoms with Gasteiger partial charge in [-0.1, -0.05) is 25.1 Å². The van der Waals surface area contributed by atoms with E-state index in [1.54, 1.807) is 24.3 Å². The van der Waals surface area contributed by atoms with E-state index in [1.165, 1.54) is 4.90 Å². The van der Waals surface area contributed by atoms with E-state index in [1.807, 2.05) is 13.0 Å². The van der Waals surface area contributed by atoms with Crippen LogP contribution in [0.2, 0.25) is 0 Å². The van der Waals surface area contributed by atoms with Gasteiger partial charge in [-0.3, -0.25) is 19.8 Å². The van der Waals surface area contributed by atoms with Gasteiger partial charge in [-0.15, -0.1) is 12.4 Å². The van der Waals surface area contributed by atoms with Gasteiger partial charge in [0.2, 0.25) is 5.91 Å². The van der Waals surface area contributed by atoms with Crippen LogP contribution in [0.3, 0.4) is 0 Å². The number of imide groups is 1. The molecule has 0 aliphatic heterocycles. The van der Waals surface area contributed by atoms with Crippen molar-refractivity contribution in [3.8, 4) is 0 Å². The molecule has 0 aromatic heterocycles. The van der Waals surface area contributed by atoms with Crippen LogP contribution < -0.4 is 10.6 Å². The fourth-order valence-electron chi connectivity index (χ4n) is 1.77. The van der Waals surface area contributed by atoms with E-state index in [0.717, 1.165) is 6.42 Å². The lowest BCUT2D eigenvalue weighted by molar-refractivity contribution is -0.138. The lowest BCUT2D eigenvalue weighted by atomic mass is 10.3. The SMILES string of the molecule is CCCN(CC(=O)O)CC(=O)NC(=O)Nc1ccccc1.Cl. The summed E-state index contributed by atoms with van der Waals surface area (Å²) in [5.41, 5.74) is 0.568. The minimum atomic E-state index is -1.01. The Hall–Kier alpha value is -2.12. The van der Waals surface area contributed by atoms with Gasteiger partial charge in [-0.05, 0) is 25.1 Å². The number of nitrogens with one attached hydrogen (secondary N) is 2. The third-order valence-corrected chi connectivity index (χ3v) is 2.55. The topological polar surface area (TPSA) is 98.7 Å². The molecule has 0 fully saturated rings. The number of anilines is 1. The van der Waals surface area contributed by atoms with Gasteiger partial charge in [0.05, 0.1) is 13.1 Å². The zero-order valence-corrected chi connectivity index (χ0v) is 13.1. The molecule has 0 atom stereocenters.